The van der Waals surface area contributed by atoms with E-state index in [-0.39, 0.29) is 18.2 Å². The smallest absolute Gasteiger partial charge is 0.246 e. The van der Waals surface area contributed by atoms with Crippen LogP contribution in [0, 0.1) is 11.6 Å². The maximum Gasteiger partial charge on any atom is 0.246 e. The summed E-state index contributed by atoms with van der Waals surface area (Å²) in [6, 6.07) is 2.14. The molecule has 2 fully saturated rings. The zero-order chi connectivity index (χ0) is 15.2. The zero-order valence-corrected chi connectivity index (χ0v) is 12.4. The van der Waals surface area contributed by atoms with Gasteiger partial charge in [-0.1, -0.05) is 0 Å². The Labute approximate surface area is 122 Å². The average Bonchev–Trinajstić information content (AvgIpc) is 2.73. The number of fused-ring (bicyclic) bond motifs is 2. The highest BCUT2D eigenvalue weighted by molar-refractivity contribution is 7.89. The van der Waals surface area contributed by atoms with E-state index >= 15 is 0 Å². The van der Waals surface area contributed by atoms with Crippen LogP contribution in [0.5, 0.6) is 0 Å². The molecule has 0 spiro atoms. The van der Waals surface area contributed by atoms with Gasteiger partial charge in [-0.2, -0.15) is 4.31 Å². The maximum atomic E-state index is 13.8. The predicted molar refractivity (Wildman–Crippen MR) is 72.2 cm³/mol. The van der Waals surface area contributed by atoms with Crippen molar-refractivity contribution in [3.8, 4) is 0 Å². The van der Waals surface area contributed by atoms with Crippen LogP contribution in [0.25, 0.3) is 0 Å². The van der Waals surface area contributed by atoms with Crippen LogP contribution in [0.1, 0.15) is 25.7 Å². The second kappa shape index (κ2) is 5.30. The summed E-state index contributed by atoms with van der Waals surface area (Å²) in [4.78, 5) is -0.574. The number of piperidine rings is 1. The number of benzene rings is 1. The molecule has 2 bridgehead atoms. The molecule has 2 saturated heterocycles. The van der Waals surface area contributed by atoms with Gasteiger partial charge in [-0.25, -0.2) is 17.2 Å². The highest BCUT2D eigenvalue weighted by Gasteiger charge is 2.47. The lowest BCUT2D eigenvalue weighted by Crippen LogP contribution is -2.48. The van der Waals surface area contributed by atoms with E-state index in [0.29, 0.717) is 12.8 Å². The van der Waals surface area contributed by atoms with Gasteiger partial charge in [-0.3, -0.25) is 0 Å². The van der Waals surface area contributed by atoms with Crippen LogP contribution < -0.4 is 0 Å². The number of ether oxygens (including phenoxy) is 1. The second-order valence-corrected chi connectivity index (χ2v) is 7.44. The summed E-state index contributed by atoms with van der Waals surface area (Å²) >= 11 is 0. The van der Waals surface area contributed by atoms with E-state index < -0.39 is 26.6 Å². The van der Waals surface area contributed by atoms with Crippen molar-refractivity contribution in [3.05, 3.63) is 29.8 Å². The molecule has 2 aliphatic rings. The Hall–Kier alpha value is -1.05. The quantitative estimate of drug-likeness (QED) is 0.859. The minimum absolute atomic E-state index is 0.0336. The molecule has 2 unspecified atom stereocenters. The van der Waals surface area contributed by atoms with Crippen LogP contribution in [-0.2, 0) is 14.8 Å². The van der Waals surface area contributed by atoms with Gasteiger partial charge in [0.2, 0.25) is 10.0 Å². The molecule has 2 heterocycles. The second-order valence-electron chi connectivity index (χ2n) is 5.62. The largest absolute Gasteiger partial charge is 0.381 e. The van der Waals surface area contributed by atoms with E-state index in [0.717, 1.165) is 31.0 Å². The molecule has 0 saturated carbocycles. The molecule has 0 aliphatic carbocycles. The van der Waals surface area contributed by atoms with Crippen molar-refractivity contribution in [1.82, 2.24) is 4.31 Å². The molecule has 0 N–H and O–H groups in total. The summed E-state index contributed by atoms with van der Waals surface area (Å²) in [5, 5.41) is 0. The van der Waals surface area contributed by atoms with Gasteiger partial charge < -0.3 is 4.74 Å². The lowest BCUT2D eigenvalue weighted by molar-refractivity contribution is 0.0349. The van der Waals surface area contributed by atoms with E-state index in [1.165, 1.54) is 4.31 Å². The Morgan fingerprint density at radius 2 is 1.81 bits per heavy atom. The van der Waals surface area contributed by atoms with Crippen LogP contribution in [0.4, 0.5) is 8.78 Å². The standard InChI is InChI=1S/C14H17F2NO3S/c1-20-12-7-10-3-4-11(8-12)17(10)21(18,19)14-6-9(15)2-5-13(14)16/h2,5-6,10-12H,3-4,7-8H2,1H3. The zero-order valence-electron chi connectivity index (χ0n) is 11.6. The van der Waals surface area contributed by atoms with E-state index in [4.69, 9.17) is 4.74 Å². The van der Waals surface area contributed by atoms with Crippen molar-refractivity contribution in [3.63, 3.8) is 0 Å². The molecule has 0 aromatic heterocycles. The van der Waals surface area contributed by atoms with Gasteiger partial charge in [0.15, 0.2) is 0 Å². The molecule has 116 valence electrons. The number of rotatable bonds is 3. The summed E-state index contributed by atoms with van der Waals surface area (Å²) in [5.74, 6) is -1.67. The Balaban J connectivity index is 1.98. The average molecular weight is 317 g/mol. The number of hydrogen-bond acceptors (Lipinski definition) is 3. The third-order valence-corrected chi connectivity index (χ3v) is 6.42. The molecular formula is C14H17F2NO3S. The fourth-order valence-corrected chi connectivity index (χ4v) is 5.43. The van der Waals surface area contributed by atoms with Crippen molar-refractivity contribution in [1.29, 1.82) is 0 Å². The van der Waals surface area contributed by atoms with Crippen molar-refractivity contribution >= 4 is 10.0 Å². The lowest BCUT2D eigenvalue weighted by atomic mass is 10.0. The van der Waals surface area contributed by atoms with Gasteiger partial charge in [-0.15, -0.1) is 0 Å². The van der Waals surface area contributed by atoms with E-state index in [2.05, 4.69) is 0 Å². The van der Waals surface area contributed by atoms with Gasteiger partial charge in [0.25, 0.3) is 0 Å². The Morgan fingerprint density at radius 1 is 1.19 bits per heavy atom. The van der Waals surface area contributed by atoms with Gasteiger partial charge in [0.1, 0.15) is 16.5 Å². The summed E-state index contributed by atoms with van der Waals surface area (Å²) in [7, 11) is -2.41. The number of methoxy groups -OCH3 is 1. The van der Waals surface area contributed by atoms with E-state index in [1.54, 1.807) is 7.11 Å². The van der Waals surface area contributed by atoms with Crippen LogP contribution in [0.2, 0.25) is 0 Å². The number of halogens is 2. The van der Waals surface area contributed by atoms with Crippen molar-refractivity contribution in [2.75, 3.05) is 7.11 Å². The Morgan fingerprint density at radius 3 is 2.38 bits per heavy atom. The highest BCUT2D eigenvalue weighted by atomic mass is 32.2. The SMILES string of the molecule is COC1CC2CCC(C1)N2S(=O)(=O)c1cc(F)ccc1F. The molecule has 1 aromatic rings. The molecule has 2 atom stereocenters. The normalized spacial score (nSPS) is 29.8. The molecule has 7 heteroatoms. The summed E-state index contributed by atoms with van der Waals surface area (Å²) < 4.78 is 59.2. The van der Waals surface area contributed by atoms with Crippen molar-refractivity contribution in [2.24, 2.45) is 0 Å². The van der Waals surface area contributed by atoms with Gasteiger partial charge in [0.05, 0.1) is 6.10 Å². The summed E-state index contributed by atoms with van der Waals surface area (Å²) in [5.41, 5.74) is 0. The van der Waals surface area contributed by atoms with E-state index in [1.807, 2.05) is 0 Å². The molecule has 21 heavy (non-hydrogen) atoms. The first kappa shape index (κ1) is 14.9. The minimum atomic E-state index is -4.02. The highest BCUT2D eigenvalue weighted by Crippen LogP contribution is 2.40. The summed E-state index contributed by atoms with van der Waals surface area (Å²) in [6.07, 6.45) is 2.71. The van der Waals surface area contributed by atoms with Gasteiger partial charge in [0, 0.05) is 19.2 Å². The fourth-order valence-electron chi connectivity index (χ4n) is 3.46. The Bertz CT molecular complexity index is 636. The molecule has 2 aliphatic heterocycles. The minimum Gasteiger partial charge on any atom is -0.381 e. The predicted octanol–water partition coefficient (Wildman–Crippen LogP) is 2.30. The molecule has 1 aromatic carbocycles. The number of hydrogen-bond donors (Lipinski definition) is 0. The van der Waals surface area contributed by atoms with Crippen LogP contribution in [-0.4, -0.2) is 38.0 Å². The first-order chi connectivity index (χ1) is 9.93. The number of nitrogens with zero attached hydrogens (tertiary/aromatic N) is 1. The summed E-state index contributed by atoms with van der Waals surface area (Å²) in [6.45, 7) is 0. The van der Waals surface area contributed by atoms with Crippen LogP contribution in [0.3, 0.4) is 0 Å². The third-order valence-electron chi connectivity index (χ3n) is 4.40. The number of sulfonamides is 1. The monoisotopic (exact) mass is 317 g/mol. The Kier molecular flexibility index (Phi) is 3.75. The van der Waals surface area contributed by atoms with Gasteiger partial charge >= 0.3 is 0 Å². The van der Waals surface area contributed by atoms with Crippen molar-refractivity contribution in [2.45, 2.75) is 48.8 Å². The topological polar surface area (TPSA) is 46.6 Å². The molecule has 0 radical (unpaired) electrons. The van der Waals surface area contributed by atoms with E-state index in [9.17, 15) is 17.2 Å². The van der Waals surface area contributed by atoms with Gasteiger partial charge in [-0.05, 0) is 43.9 Å². The fraction of sp³-hybridized carbons (Fsp3) is 0.571. The van der Waals surface area contributed by atoms with Crippen molar-refractivity contribution < 1.29 is 21.9 Å². The molecule has 3 rings (SSSR count). The maximum absolute atomic E-state index is 13.8. The molecular weight excluding hydrogens is 300 g/mol. The third kappa shape index (κ3) is 2.47. The first-order valence-corrected chi connectivity index (χ1v) is 8.39. The first-order valence-electron chi connectivity index (χ1n) is 6.95. The molecule has 0 amide bonds. The van der Waals surface area contributed by atoms with Crippen LogP contribution in [0.15, 0.2) is 23.1 Å². The lowest BCUT2D eigenvalue weighted by Gasteiger charge is -2.37. The molecule has 4 nitrogen and oxygen atoms in total. The van der Waals surface area contributed by atoms with Crippen LogP contribution >= 0.6 is 0 Å².